The van der Waals surface area contributed by atoms with Gasteiger partial charge < -0.3 is 9.84 Å². The average molecular weight is 214 g/mol. The summed E-state index contributed by atoms with van der Waals surface area (Å²) in [6, 6.07) is 15.3. The second-order valence-corrected chi connectivity index (χ2v) is 3.75. The highest BCUT2D eigenvalue weighted by Gasteiger charge is 2.02. The quantitative estimate of drug-likeness (QED) is 0.849. The van der Waals surface area contributed by atoms with Crippen LogP contribution in [0.5, 0.6) is 11.5 Å². The molecule has 1 N–H and O–H groups in total. The molecule has 2 aromatic rings. The molecule has 2 heteroatoms. The minimum absolute atomic E-state index is 0.191. The summed E-state index contributed by atoms with van der Waals surface area (Å²) in [6.07, 6.45) is 0. The third kappa shape index (κ3) is 2.54. The van der Waals surface area contributed by atoms with E-state index in [4.69, 9.17) is 4.74 Å². The fourth-order valence-corrected chi connectivity index (χ4v) is 1.48. The Bertz CT molecular complexity index is 463. The van der Waals surface area contributed by atoms with Crippen LogP contribution in [0.2, 0.25) is 0 Å². The molecule has 0 fully saturated rings. The topological polar surface area (TPSA) is 29.5 Å². The van der Waals surface area contributed by atoms with Crippen LogP contribution in [0, 0.1) is 6.92 Å². The van der Waals surface area contributed by atoms with Crippen LogP contribution >= 0.6 is 0 Å². The second-order valence-electron chi connectivity index (χ2n) is 3.75. The van der Waals surface area contributed by atoms with E-state index in [1.165, 1.54) is 0 Å². The average Bonchev–Trinajstić information content (AvgIpc) is 2.29. The maximum atomic E-state index is 9.64. The number of hydrogen-bond acceptors (Lipinski definition) is 2. The normalized spacial score (nSPS) is 10.1. The van der Waals surface area contributed by atoms with Crippen molar-refractivity contribution in [2.24, 2.45) is 0 Å². The van der Waals surface area contributed by atoms with Crippen molar-refractivity contribution >= 4 is 0 Å². The van der Waals surface area contributed by atoms with Crippen molar-refractivity contribution in [3.05, 3.63) is 59.7 Å². The Morgan fingerprint density at radius 3 is 2.50 bits per heavy atom. The van der Waals surface area contributed by atoms with Gasteiger partial charge in [0, 0.05) is 0 Å². The van der Waals surface area contributed by atoms with Gasteiger partial charge >= 0.3 is 0 Å². The molecule has 16 heavy (non-hydrogen) atoms. The molecule has 0 amide bonds. The molecule has 0 saturated carbocycles. The summed E-state index contributed by atoms with van der Waals surface area (Å²) in [7, 11) is 0. The van der Waals surface area contributed by atoms with Crippen molar-refractivity contribution in [3.8, 4) is 11.5 Å². The van der Waals surface area contributed by atoms with Crippen LogP contribution in [0.25, 0.3) is 0 Å². The molecule has 0 aliphatic rings. The van der Waals surface area contributed by atoms with Crippen LogP contribution in [-0.2, 0) is 6.61 Å². The highest BCUT2D eigenvalue weighted by molar-refractivity contribution is 5.41. The van der Waals surface area contributed by atoms with Crippen molar-refractivity contribution in [2.75, 3.05) is 0 Å². The van der Waals surface area contributed by atoms with E-state index in [0.29, 0.717) is 12.4 Å². The molecular weight excluding hydrogens is 200 g/mol. The molecule has 0 heterocycles. The third-order valence-corrected chi connectivity index (χ3v) is 2.35. The Kier molecular flexibility index (Phi) is 3.10. The highest BCUT2D eigenvalue weighted by Crippen LogP contribution is 2.27. The third-order valence-electron chi connectivity index (χ3n) is 2.35. The summed E-state index contributed by atoms with van der Waals surface area (Å²) in [5.41, 5.74) is 2.10. The molecule has 0 aliphatic carbocycles. The first-order chi connectivity index (χ1) is 7.75. The minimum atomic E-state index is 0.191. The van der Waals surface area contributed by atoms with E-state index in [0.717, 1.165) is 11.1 Å². The number of ether oxygens (including phenoxy) is 1. The maximum absolute atomic E-state index is 9.64. The van der Waals surface area contributed by atoms with Crippen molar-refractivity contribution in [1.82, 2.24) is 0 Å². The van der Waals surface area contributed by atoms with Gasteiger partial charge in [0.05, 0.1) is 0 Å². The Balaban J connectivity index is 2.05. The van der Waals surface area contributed by atoms with Crippen molar-refractivity contribution in [2.45, 2.75) is 13.5 Å². The smallest absolute Gasteiger partial charge is 0.161 e. The van der Waals surface area contributed by atoms with Crippen LogP contribution in [0.4, 0.5) is 0 Å². The summed E-state index contributed by atoms with van der Waals surface area (Å²) in [4.78, 5) is 0. The van der Waals surface area contributed by atoms with E-state index in [1.54, 1.807) is 12.1 Å². The summed E-state index contributed by atoms with van der Waals surface area (Å²) >= 11 is 0. The molecule has 0 aromatic heterocycles. The molecular formula is C14H14O2. The summed E-state index contributed by atoms with van der Waals surface area (Å²) in [5, 5.41) is 9.64. The van der Waals surface area contributed by atoms with Crippen LogP contribution in [0.3, 0.4) is 0 Å². The standard InChI is InChI=1S/C14H14O2/c1-11-7-8-14(13(15)9-11)16-10-12-5-3-2-4-6-12/h2-9,15H,10H2,1H3. The van der Waals surface area contributed by atoms with Gasteiger partial charge in [0.25, 0.3) is 0 Å². The molecule has 0 bridgehead atoms. The minimum Gasteiger partial charge on any atom is -0.504 e. The van der Waals surface area contributed by atoms with Gasteiger partial charge in [-0.2, -0.15) is 0 Å². The number of hydrogen-bond donors (Lipinski definition) is 1. The molecule has 0 spiro atoms. The number of phenolic OH excluding ortho intramolecular Hbond substituents is 1. The van der Waals surface area contributed by atoms with Crippen LogP contribution in [0.1, 0.15) is 11.1 Å². The molecule has 0 radical (unpaired) electrons. The number of aryl methyl sites for hydroxylation is 1. The molecule has 0 unspecified atom stereocenters. The number of rotatable bonds is 3. The lowest BCUT2D eigenvalue weighted by Gasteiger charge is -2.08. The van der Waals surface area contributed by atoms with Crippen LogP contribution < -0.4 is 4.74 Å². The van der Waals surface area contributed by atoms with Gasteiger partial charge in [-0.25, -0.2) is 0 Å². The SMILES string of the molecule is Cc1ccc(OCc2ccccc2)c(O)c1. The van der Waals surface area contributed by atoms with Gasteiger partial charge in [-0.15, -0.1) is 0 Å². The van der Waals surface area contributed by atoms with Gasteiger partial charge in [0.2, 0.25) is 0 Å². The van der Waals surface area contributed by atoms with Gasteiger partial charge in [-0.05, 0) is 30.2 Å². The van der Waals surface area contributed by atoms with Gasteiger partial charge in [0.15, 0.2) is 11.5 Å². The lowest BCUT2D eigenvalue weighted by atomic mass is 10.2. The maximum Gasteiger partial charge on any atom is 0.161 e. The zero-order valence-electron chi connectivity index (χ0n) is 9.18. The van der Waals surface area contributed by atoms with E-state index < -0.39 is 0 Å². The van der Waals surface area contributed by atoms with E-state index in [-0.39, 0.29) is 5.75 Å². The number of aromatic hydroxyl groups is 1. The van der Waals surface area contributed by atoms with E-state index in [2.05, 4.69) is 0 Å². The predicted molar refractivity (Wildman–Crippen MR) is 63.6 cm³/mol. The van der Waals surface area contributed by atoms with E-state index in [9.17, 15) is 5.11 Å². The lowest BCUT2D eigenvalue weighted by Crippen LogP contribution is -1.95. The number of benzene rings is 2. The summed E-state index contributed by atoms with van der Waals surface area (Å²) < 4.78 is 5.53. The van der Waals surface area contributed by atoms with Crippen molar-refractivity contribution < 1.29 is 9.84 Å². The molecule has 0 atom stereocenters. The van der Waals surface area contributed by atoms with Gasteiger partial charge in [-0.1, -0.05) is 36.4 Å². The predicted octanol–water partition coefficient (Wildman–Crippen LogP) is 3.28. The molecule has 2 rings (SSSR count). The molecule has 0 saturated heterocycles. The van der Waals surface area contributed by atoms with Crippen molar-refractivity contribution in [3.63, 3.8) is 0 Å². The van der Waals surface area contributed by atoms with Crippen LogP contribution in [-0.4, -0.2) is 5.11 Å². The van der Waals surface area contributed by atoms with Crippen LogP contribution in [0.15, 0.2) is 48.5 Å². The zero-order chi connectivity index (χ0) is 11.4. The second kappa shape index (κ2) is 4.71. The van der Waals surface area contributed by atoms with E-state index in [1.807, 2.05) is 43.3 Å². The Hall–Kier alpha value is -1.96. The Morgan fingerprint density at radius 1 is 1.06 bits per heavy atom. The number of phenols is 1. The largest absolute Gasteiger partial charge is 0.504 e. The van der Waals surface area contributed by atoms with Crippen molar-refractivity contribution in [1.29, 1.82) is 0 Å². The summed E-state index contributed by atoms with van der Waals surface area (Å²) in [6.45, 7) is 2.40. The molecule has 2 nitrogen and oxygen atoms in total. The molecule has 2 aromatic carbocycles. The monoisotopic (exact) mass is 214 g/mol. The lowest BCUT2D eigenvalue weighted by molar-refractivity contribution is 0.289. The van der Waals surface area contributed by atoms with Gasteiger partial charge in [-0.3, -0.25) is 0 Å². The first-order valence-corrected chi connectivity index (χ1v) is 5.22. The van der Waals surface area contributed by atoms with E-state index >= 15 is 0 Å². The van der Waals surface area contributed by atoms with Gasteiger partial charge in [0.1, 0.15) is 6.61 Å². The first-order valence-electron chi connectivity index (χ1n) is 5.22. The zero-order valence-corrected chi connectivity index (χ0v) is 9.18. The molecule has 82 valence electrons. The Labute approximate surface area is 95.1 Å². The Morgan fingerprint density at radius 2 is 1.81 bits per heavy atom. The molecule has 0 aliphatic heterocycles. The summed E-state index contributed by atoms with van der Waals surface area (Å²) in [5.74, 6) is 0.713. The fraction of sp³-hybridized carbons (Fsp3) is 0.143. The first kappa shape index (κ1) is 10.6. The highest BCUT2D eigenvalue weighted by atomic mass is 16.5. The fourth-order valence-electron chi connectivity index (χ4n) is 1.48.